The van der Waals surface area contributed by atoms with Gasteiger partial charge in [0.25, 0.3) is 5.91 Å². The molecule has 1 amide bonds. The smallest absolute Gasteiger partial charge is 0.291 e. The number of hydrogen-bond donors (Lipinski definition) is 2. The van der Waals surface area contributed by atoms with Crippen LogP contribution < -0.4 is 20.1 Å². The molecule has 0 radical (unpaired) electrons. The lowest BCUT2D eigenvalue weighted by Crippen LogP contribution is -2.18. The minimum atomic E-state index is -3.91. The molecule has 29 heavy (non-hydrogen) atoms. The normalized spacial score (nSPS) is 11.1. The highest BCUT2D eigenvalue weighted by molar-refractivity contribution is 7.89. The van der Waals surface area contributed by atoms with Crippen LogP contribution in [0.15, 0.2) is 70.0 Å². The van der Waals surface area contributed by atoms with Gasteiger partial charge in [0.05, 0.1) is 16.3 Å². The predicted octanol–water partition coefficient (Wildman–Crippen LogP) is 2.82. The number of primary sulfonamides is 1. The van der Waals surface area contributed by atoms with Gasteiger partial charge in [-0.1, -0.05) is 18.2 Å². The number of nitrogens with two attached hydrogens (primary N) is 1. The predicted molar refractivity (Wildman–Crippen MR) is 110 cm³/mol. The van der Waals surface area contributed by atoms with E-state index in [1.807, 2.05) is 30.3 Å². The van der Waals surface area contributed by atoms with Gasteiger partial charge >= 0.3 is 0 Å². The van der Waals surface area contributed by atoms with Gasteiger partial charge in [-0.2, -0.15) is 0 Å². The molecule has 152 valence electrons. The topological polar surface area (TPSA) is 115 Å². The Hall–Kier alpha value is -3.30. The van der Waals surface area contributed by atoms with Gasteiger partial charge in [-0.05, 0) is 42.5 Å². The quantitative estimate of drug-likeness (QED) is 0.613. The minimum absolute atomic E-state index is 0.0716. The van der Waals surface area contributed by atoms with E-state index in [-0.39, 0.29) is 17.3 Å². The Kier molecular flexibility index (Phi) is 5.90. The molecule has 3 N–H and O–H groups in total. The zero-order chi connectivity index (χ0) is 21.0. The van der Waals surface area contributed by atoms with E-state index in [2.05, 4.69) is 5.32 Å². The second kappa shape index (κ2) is 8.38. The maximum atomic E-state index is 12.6. The third-order valence-corrected chi connectivity index (χ3v) is 4.95. The van der Waals surface area contributed by atoms with Crippen LogP contribution in [0.5, 0.6) is 5.75 Å². The first kappa shape index (κ1) is 20.4. The van der Waals surface area contributed by atoms with E-state index in [1.54, 1.807) is 31.1 Å². The number of ether oxygens (including phenoxy) is 1. The van der Waals surface area contributed by atoms with Crippen LogP contribution in [0.25, 0.3) is 0 Å². The second-order valence-corrected chi connectivity index (χ2v) is 8.00. The Labute approximate surface area is 168 Å². The number of sulfonamides is 1. The van der Waals surface area contributed by atoms with Crippen molar-refractivity contribution in [2.45, 2.75) is 11.5 Å². The Morgan fingerprint density at radius 3 is 2.48 bits per heavy atom. The molecule has 0 aliphatic rings. The lowest BCUT2D eigenvalue weighted by molar-refractivity contribution is 0.0992. The maximum Gasteiger partial charge on any atom is 0.291 e. The summed E-state index contributed by atoms with van der Waals surface area (Å²) in [7, 11) is -0.365. The third-order valence-electron chi connectivity index (χ3n) is 4.04. The Balaban J connectivity index is 1.75. The molecule has 0 fully saturated rings. The number of nitrogens with one attached hydrogen (secondary N) is 1. The number of anilines is 2. The zero-order valence-corrected chi connectivity index (χ0v) is 16.8. The largest absolute Gasteiger partial charge is 0.486 e. The average Bonchev–Trinajstić information content (AvgIpc) is 3.15. The minimum Gasteiger partial charge on any atom is -0.486 e. The number of amides is 1. The highest BCUT2D eigenvalue weighted by Crippen LogP contribution is 2.28. The molecular weight excluding hydrogens is 394 g/mol. The standard InChI is InChI=1S/C20H21N3O5S/c1-23(2)18-10-9-16(29(21,25)26)12-17(18)22-20(24)19-11-8-15(28-19)13-27-14-6-4-3-5-7-14/h3-12H,13H2,1-2H3,(H,22,24)(H2,21,25,26). The average molecular weight is 415 g/mol. The number of rotatable bonds is 7. The number of nitrogens with zero attached hydrogens (tertiary/aromatic N) is 1. The Bertz CT molecular complexity index is 1110. The molecule has 3 aromatic rings. The van der Waals surface area contributed by atoms with Crippen LogP contribution in [0, 0.1) is 0 Å². The van der Waals surface area contributed by atoms with Crippen LogP contribution in [0.4, 0.5) is 11.4 Å². The van der Waals surface area contributed by atoms with Crippen LogP contribution in [0.2, 0.25) is 0 Å². The zero-order valence-electron chi connectivity index (χ0n) is 16.0. The molecule has 0 saturated heterocycles. The summed E-state index contributed by atoms with van der Waals surface area (Å²) in [6.45, 7) is 0.168. The van der Waals surface area contributed by atoms with Crippen molar-refractivity contribution >= 4 is 27.3 Å². The number of para-hydroxylation sites is 1. The first-order chi connectivity index (χ1) is 13.7. The summed E-state index contributed by atoms with van der Waals surface area (Å²) in [6.07, 6.45) is 0. The number of furan rings is 1. The van der Waals surface area contributed by atoms with Gasteiger partial charge in [-0.15, -0.1) is 0 Å². The number of carbonyl (C=O) groups excluding carboxylic acids is 1. The van der Waals surface area contributed by atoms with Crippen molar-refractivity contribution in [1.82, 2.24) is 0 Å². The monoisotopic (exact) mass is 415 g/mol. The summed E-state index contributed by atoms with van der Waals surface area (Å²) in [5.41, 5.74) is 0.912. The van der Waals surface area contributed by atoms with E-state index in [0.29, 0.717) is 22.9 Å². The third kappa shape index (κ3) is 5.15. The first-order valence-electron chi connectivity index (χ1n) is 8.66. The number of benzene rings is 2. The van der Waals surface area contributed by atoms with E-state index in [9.17, 15) is 13.2 Å². The summed E-state index contributed by atoms with van der Waals surface area (Å²) in [6, 6.07) is 16.7. The van der Waals surface area contributed by atoms with Crippen LogP contribution in [-0.2, 0) is 16.6 Å². The fourth-order valence-corrected chi connectivity index (χ4v) is 3.15. The highest BCUT2D eigenvalue weighted by Gasteiger charge is 2.17. The van der Waals surface area contributed by atoms with E-state index < -0.39 is 15.9 Å². The second-order valence-electron chi connectivity index (χ2n) is 6.44. The molecule has 0 aliphatic carbocycles. The van der Waals surface area contributed by atoms with Gasteiger partial charge in [-0.25, -0.2) is 13.6 Å². The molecule has 0 aliphatic heterocycles. The maximum absolute atomic E-state index is 12.6. The van der Waals surface area contributed by atoms with Crippen molar-refractivity contribution in [3.8, 4) is 5.75 Å². The molecule has 8 nitrogen and oxygen atoms in total. The van der Waals surface area contributed by atoms with E-state index in [4.69, 9.17) is 14.3 Å². The molecule has 0 bridgehead atoms. The highest BCUT2D eigenvalue weighted by atomic mass is 32.2. The molecule has 2 aromatic carbocycles. The van der Waals surface area contributed by atoms with Crippen LogP contribution >= 0.6 is 0 Å². The van der Waals surface area contributed by atoms with E-state index in [0.717, 1.165) is 0 Å². The van der Waals surface area contributed by atoms with Crippen molar-refractivity contribution in [3.05, 3.63) is 72.2 Å². The van der Waals surface area contributed by atoms with Crippen molar-refractivity contribution in [2.75, 3.05) is 24.3 Å². The SMILES string of the molecule is CN(C)c1ccc(S(N)(=O)=O)cc1NC(=O)c1ccc(COc2ccccc2)o1. The molecule has 9 heteroatoms. The van der Waals surface area contributed by atoms with Crippen molar-refractivity contribution < 1.29 is 22.4 Å². The summed E-state index contributed by atoms with van der Waals surface area (Å²) in [5.74, 6) is 0.712. The van der Waals surface area contributed by atoms with E-state index in [1.165, 1.54) is 18.2 Å². The summed E-state index contributed by atoms with van der Waals surface area (Å²) >= 11 is 0. The first-order valence-corrected chi connectivity index (χ1v) is 10.2. The molecule has 0 spiro atoms. The Morgan fingerprint density at radius 2 is 1.83 bits per heavy atom. The molecule has 3 rings (SSSR count). The molecule has 1 aromatic heterocycles. The van der Waals surface area contributed by atoms with Gasteiger partial charge < -0.3 is 19.4 Å². The number of carbonyl (C=O) groups is 1. The van der Waals surface area contributed by atoms with E-state index >= 15 is 0 Å². The van der Waals surface area contributed by atoms with Crippen LogP contribution in [-0.4, -0.2) is 28.4 Å². The fourth-order valence-electron chi connectivity index (χ4n) is 2.61. The van der Waals surface area contributed by atoms with Crippen LogP contribution in [0.1, 0.15) is 16.3 Å². The molecule has 0 atom stereocenters. The van der Waals surface area contributed by atoms with Gasteiger partial charge in [0, 0.05) is 14.1 Å². The van der Waals surface area contributed by atoms with Crippen molar-refractivity contribution in [2.24, 2.45) is 5.14 Å². The van der Waals surface area contributed by atoms with Crippen molar-refractivity contribution in [3.63, 3.8) is 0 Å². The molecule has 0 saturated carbocycles. The summed E-state index contributed by atoms with van der Waals surface area (Å²) in [5, 5.41) is 7.86. The molecular formula is C20H21N3O5S. The van der Waals surface area contributed by atoms with Gasteiger partial charge in [0.1, 0.15) is 18.1 Å². The molecule has 1 heterocycles. The lowest BCUT2D eigenvalue weighted by Gasteiger charge is -2.18. The summed E-state index contributed by atoms with van der Waals surface area (Å²) in [4.78, 5) is 14.2. The van der Waals surface area contributed by atoms with Gasteiger partial charge in [-0.3, -0.25) is 4.79 Å². The molecule has 0 unspecified atom stereocenters. The Morgan fingerprint density at radius 1 is 1.10 bits per heavy atom. The summed E-state index contributed by atoms with van der Waals surface area (Å²) < 4.78 is 34.4. The van der Waals surface area contributed by atoms with Crippen LogP contribution in [0.3, 0.4) is 0 Å². The fraction of sp³-hybridized carbons (Fsp3) is 0.150. The lowest BCUT2D eigenvalue weighted by atomic mass is 10.2. The van der Waals surface area contributed by atoms with Crippen molar-refractivity contribution in [1.29, 1.82) is 0 Å². The van der Waals surface area contributed by atoms with Gasteiger partial charge in [0.15, 0.2) is 5.76 Å². The number of hydrogen-bond acceptors (Lipinski definition) is 6. The van der Waals surface area contributed by atoms with Gasteiger partial charge in [0.2, 0.25) is 10.0 Å².